The van der Waals surface area contributed by atoms with Gasteiger partial charge >= 0.3 is 0 Å². The second kappa shape index (κ2) is 7.29. The van der Waals surface area contributed by atoms with Gasteiger partial charge in [0, 0.05) is 12.7 Å². The van der Waals surface area contributed by atoms with Crippen LogP contribution in [0, 0.1) is 12.7 Å². The topological polar surface area (TPSA) is 64.0 Å². The number of halogens is 1. The van der Waals surface area contributed by atoms with Crippen molar-refractivity contribution in [3.63, 3.8) is 0 Å². The van der Waals surface area contributed by atoms with Crippen molar-refractivity contribution >= 4 is 34.3 Å². The molecule has 1 heterocycles. The Bertz CT molecular complexity index is 1050. The van der Waals surface area contributed by atoms with E-state index in [1.54, 1.807) is 51.2 Å². The van der Waals surface area contributed by atoms with E-state index in [1.165, 1.54) is 22.4 Å². The molecule has 26 heavy (non-hydrogen) atoms. The molecule has 0 saturated heterocycles. The second-order valence-corrected chi connectivity index (χ2v) is 7.30. The van der Waals surface area contributed by atoms with Crippen LogP contribution in [0.25, 0.3) is 10.9 Å². The van der Waals surface area contributed by atoms with E-state index >= 15 is 0 Å². The van der Waals surface area contributed by atoms with Crippen molar-refractivity contribution in [2.75, 3.05) is 5.32 Å². The molecule has 3 aromatic rings. The van der Waals surface area contributed by atoms with E-state index in [4.69, 9.17) is 0 Å². The second-order valence-electron chi connectivity index (χ2n) is 5.99. The van der Waals surface area contributed by atoms with Crippen LogP contribution in [-0.2, 0) is 11.8 Å². The third-order valence-electron chi connectivity index (χ3n) is 4.03. The molecule has 134 valence electrons. The number of carbonyl (C=O) groups excluding carboxylic acids is 1. The highest BCUT2D eigenvalue weighted by atomic mass is 32.2. The summed E-state index contributed by atoms with van der Waals surface area (Å²) >= 11 is 1.18. The predicted molar refractivity (Wildman–Crippen MR) is 102 cm³/mol. The van der Waals surface area contributed by atoms with Crippen LogP contribution in [0.1, 0.15) is 12.5 Å². The number of nitrogens with one attached hydrogen (secondary N) is 1. The Labute approximate surface area is 154 Å². The SMILES string of the molecule is Cc1ccc(NC(=O)C(C)Sc2nc3ccccc3c(=O)n2C)cc1F. The van der Waals surface area contributed by atoms with Crippen LogP contribution in [0.4, 0.5) is 10.1 Å². The van der Waals surface area contributed by atoms with Crippen molar-refractivity contribution in [1.82, 2.24) is 9.55 Å². The van der Waals surface area contributed by atoms with Crippen LogP contribution in [0.3, 0.4) is 0 Å². The van der Waals surface area contributed by atoms with Gasteiger partial charge < -0.3 is 5.32 Å². The molecule has 0 aliphatic carbocycles. The van der Waals surface area contributed by atoms with Gasteiger partial charge in [-0.2, -0.15) is 0 Å². The first-order valence-corrected chi connectivity index (χ1v) is 8.94. The number of anilines is 1. The number of thioether (sulfide) groups is 1. The smallest absolute Gasteiger partial charge is 0.261 e. The molecule has 1 unspecified atom stereocenters. The maximum atomic E-state index is 13.6. The maximum Gasteiger partial charge on any atom is 0.261 e. The third kappa shape index (κ3) is 3.62. The Hall–Kier alpha value is -2.67. The van der Waals surface area contributed by atoms with E-state index in [9.17, 15) is 14.0 Å². The molecule has 0 aliphatic rings. The number of aryl methyl sites for hydroxylation is 1. The molecule has 5 nitrogen and oxygen atoms in total. The Kier molecular flexibility index (Phi) is 5.08. The van der Waals surface area contributed by atoms with E-state index in [0.717, 1.165) is 0 Å². The fraction of sp³-hybridized carbons (Fsp3) is 0.211. The molecule has 3 rings (SSSR count). The minimum Gasteiger partial charge on any atom is -0.325 e. The van der Waals surface area contributed by atoms with Crippen molar-refractivity contribution in [1.29, 1.82) is 0 Å². The summed E-state index contributed by atoms with van der Waals surface area (Å²) < 4.78 is 15.1. The molecule has 2 aromatic carbocycles. The first-order valence-electron chi connectivity index (χ1n) is 8.06. The summed E-state index contributed by atoms with van der Waals surface area (Å²) in [6, 6.07) is 11.6. The van der Waals surface area contributed by atoms with E-state index in [1.807, 2.05) is 6.07 Å². The largest absolute Gasteiger partial charge is 0.325 e. The van der Waals surface area contributed by atoms with E-state index in [2.05, 4.69) is 10.3 Å². The van der Waals surface area contributed by atoms with E-state index in [-0.39, 0.29) is 17.3 Å². The fourth-order valence-corrected chi connectivity index (χ4v) is 3.30. The summed E-state index contributed by atoms with van der Waals surface area (Å²) in [7, 11) is 1.63. The first-order chi connectivity index (χ1) is 12.4. The minimum atomic E-state index is -0.515. The van der Waals surface area contributed by atoms with Gasteiger partial charge in [-0.1, -0.05) is 30.0 Å². The Morgan fingerprint density at radius 2 is 2.00 bits per heavy atom. The predicted octanol–water partition coefficient (Wildman–Crippen LogP) is 3.50. The Morgan fingerprint density at radius 3 is 2.73 bits per heavy atom. The highest BCUT2D eigenvalue weighted by Crippen LogP contribution is 2.23. The molecule has 0 saturated carbocycles. The molecule has 0 aliphatic heterocycles. The fourth-order valence-electron chi connectivity index (χ4n) is 2.43. The lowest BCUT2D eigenvalue weighted by Gasteiger charge is -2.14. The molecule has 7 heteroatoms. The lowest BCUT2D eigenvalue weighted by Crippen LogP contribution is -2.25. The molecular formula is C19H18FN3O2S. The van der Waals surface area contributed by atoms with E-state index < -0.39 is 5.25 Å². The number of nitrogens with zero attached hydrogens (tertiary/aromatic N) is 2. The van der Waals surface area contributed by atoms with Crippen molar-refractivity contribution in [3.8, 4) is 0 Å². The third-order valence-corrected chi connectivity index (χ3v) is 5.18. The number of rotatable bonds is 4. The quantitative estimate of drug-likeness (QED) is 0.563. The van der Waals surface area contributed by atoms with Gasteiger partial charge in [-0.25, -0.2) is 9.37 Å². The summed E-state index contributed by atoms with van der Waals surface area (Å²) in [4.78, 5) is 29.3. The van der Waals surface area contributed by atoms with Gasteiger partial charge in [0.25, 0.3) is 5.56 Å². The van der Waals surface area contributed by atoms with Gasteiger partial charge in [0.05, 0.1) is 16.2 Å². The number of carbonyl (C=O) groups is 1. The van der Waals surface area contributed by atoms with Crippen LogP contribution in [0.2, 0.25) is 0 Å². The van der Waals surface area contributed by atoms with Crippen molar-refractivity contribution < 1.29 is 9.18 Å². The molecule has 0 spiro atoms. The molecule has 0 radical (unpaired) electrons. The molecule has 1 atom stereocenters. The van der Waals surface area contributed by atoms with Gasteiger partial charge in [-0.05, 0) is 43.7 Å². The number of fused-ring (bicyclic) bond motifs is 1. The lowest BCUT2D eigenvalue weighted by atomic mass is 10.2. The summed E-state index contributed by atoms with van der Waals surface area (Å²) in [5, 5.41) is 3.16. The van der Waals surface area contributed by atoms with Gasteiger partial charge in [0.1, 0.15) is 5.82 Å². The maximum absolute atomic E-state index is 13.6. The van der Waals surface area contributed by atoms with Crippen LogP contribution >= 0.6 is 11.8 Å². The molecule has 1 aromatic heterocycles. The van der Waals surface area contributed by atoms with Crippen LogP contribution in [-0.4, -0.2) is 20.7 Å². The molecule has 0 bridgehead atoms. The summed E-state index contributed by atoms with van der Waals surface area (Å²) in [6.45, 7) is 3.37. The highest BCUT2D eigenvalue weighted by molar-refractivity contribution is 8.00. The number of hydrogen-bond donors (Lipinski definition) is 1. The van der Waals surface area contributed by atoms with Crippen LogP contribution < -0.4 is 10.9 Å². The molecule has 0 fully saturated rings. The van der Waals surface area contributed by atoms with Crippen molar-refractivity contribution in [2.45, 2.75) is 24.3 Å². The number of benzene rings is 2. The van der Waals surface area contributed by atoms with Gasteiger partial charge in [0.15, 0.2) is 5.16 Å². The summed E-state index contributed by atoms with van der Waals surface area (Å²) in [6.07, 6.45) is 0. The zero-order valence-corrected chi connectivity index (χ0v) is 15.4. The monoisotopic (exact) mass is 371 g/mol. The summed E-state index contributed by atoms with van der Waals surface area (Å²) in [5.74, 6) is -0.664. The standard InChI is InChI=1S/C19H18FN3O2S/c1-11-8-9-13(10-15(11)20)21-17(24)12(2)26-19-22-16-7-5-4-6-14(16)18(25)23(19)3/h4-10,12H,1-3H3,(H,21,24). The number of amides is 1. The zero-order valence-electron chi connectivity index (χ0n) is 14.6. The molecular weight excluding hydrogens is 353 g/mol. The Balaban J connectivity index is 1.81. The van der Waals surface area contributed by atoms with Crippen LogP contribution in [0.15, 0.2) is 52.4 Å². The highest BCUT2D eigenvalue weighted by Gasteiger charge is 2.18. The average molecular weight is 371 g/mol. The molecule has 1 N–H and O–H groups in total. The average Bonchev–Trinajstić information content (AvgIpc) is 2.62. The number of hydrogen-bond acceptors (Lipinski definition) is 4. The molecule has 1 amide bonds. The van der Waals surface area contributed by atoms with Gasteiger partial charge in [-0.3, -0.25) is 14.2 Å². The lowest BCUT2D eigenvalue weighted by molar-refractivity contribution is -0.115. The number of aromatic nitrogens is 2. The van der Waals surface area contributed by atoms with E-state index in [0.29, 0.717) is 27.3 Å². The van der Waals surface area contributed by atoms with Crippen molar-refractivity contribution in [3.05, 3.63) is 64.2 Å². The minimum absolute atomic E-state index is 0.161. The summed E-state index contributed by atoms with van der Waals surface area (Å²) in [5.41, 5.74) is 1.34. The first kappa shape index (κ1) is 18.1. The van der Waals surface area contributed by atoms with Crippen molar-refractivity contribution in [2.24, 2.45) is 7.05 Å². The normalized spacial score (nSPS) is 12.2. The number of para-hydroxylation sites is 1. The van der Waals surface area contributed by atoms with Gasteiger partial charge in [0.2, 0.25) is 5.91 Å². The zero-order chi connectivity index (χ0) is 18.8. The Morgan fingerprint density at radius 1 is 1.27 bits per heavy atom. The van der Waals surface area contributed by atoms with Gasteiger partial charge in [-0.15, -0.1) is 0 Å². The van der Waals surface area contributed by atoms with Crippen LogP contribution in [0.5, 0.6) is 0 Å².